The summed E-state index contributed by atoms with van der Waals surface area (Å²) in [5.74, 6) is -1.34. The number of nitrogens with zero attached hydrogens (tertiary/aromatic N) is 1. The molecule has 160 valence electrons. The number of esters is 1. The van der Waals surface area contributed by atoms with E-state index in [4.69, 9.17) is 4.74 Å². The zero-order valence-electron chi connectivity index (χ0n) is 17.3. The number of rotatable bonds is 8. The molecule has 0 saturated carbocycles. The Bertz CT molecular complexity index is 1080. The van der Waals surface area contributed by atoms with Crippen LogP contribution in [0.2, 0.25) is 0 Å². The van der Waals surface area contributed by atoms with Gasteiger partial charge < -0.3 is 10.1 Å². The van der Waals surface area contributed by atoms with Gasteiger partial charge in [0.2, 0.25) is 15.9 Å². The number of hydrogen-bond donors (Lipinski definition) is 1. The molecule has 0 unspecified atom stereocenters. The predicted molar refractivity (Wildman–Crippen MR) is 114 cm³/mol. The SMILES string of the molecule is CCOC(=O)c1ccc(C)c(NC(=O)CN(c2cccc(C(C)=O)c2)S(C)(=O)=O)c1. The van der Waals surface area contributed by atoms with Gasteiger partial charge >= 0.3 is 5.97 Å². The van der Waals surface area contributed by atoms with Crippen molar-refractivity contribution in [1.82, 2.24) is 0 Å². The van der Waals surface area contributed by atoms with Crippen LogP contribution in [-0.4, -0.2) is 45.5 Å². The van der Waals surface area contributed by atoms with Crippen molar-refractivity contribution in [1.29, 1.82) is 0 Å². The second-order valence-electron chi connectivity index (χ2n) is 6.67. The molecule has 0 bridgehead atoms. The Kier molecular flexibility index (Phi) is 7.33. The fourth-order valence-electron chi connectivity index (χ4n) is 2.70. The molecule has 30 heavy (non-hydrogen) atoms. The molecule has 0 aliphatic heterocycles. The summed E-state index contributed by atoms with van der Waals surface area (Å²) >= 11 is 0. The van der Waals surface area contributed by atoms with E-state index in [2.05, 4.69) is 5.32 Å². The number of Topliss-reactive ketones (excluding diaryl/α,β-unsaturated/α-hetero) is 1. The van der Waals surface area contributed by atoms with Crippen LogP contribution in [0, 0.1) is 6.92 Å². The van der Waals surface area contributed by atoms with Crippen molar-refractivity contribution in [3.05, 3.63) is 59.2 Å². The minimum Gasteiger partial charge on any atom is -0.462 e. The van der Waals surface area contributed by atoms with Crippen LogP contribution in [-0.2, 0) is 19.6 Å². The molecule has 0 heterocycles. The van der Waals surface area contributed by atoms with Crippen molar-refractivity contribution in [3.8, 4) is 0 Å². The summed E-state index contributed by atoms with van der Waals surface area (Å²) in [5, 5.41) is 2.64. The first-order valence-electron chi connectivity index (χ1n) is 9.19. The molecule has 1 N–H and O–H groups in total. The molecule has 0 spiro atoms. The standard InChI is InChI=1S/C21H24N2O6S/c1-5-29-21(26)17-10-9-14(2)19(12-17)22-20(25)13-23(30(4,27)28)18-8-6-7-16(11-18)15(3)24/h6-12H,5,13H2,1-4H3,(H,22,25). The topological polar surface area (TPSA) is 110 Å². The predicted octanol–water partition coefficient (Wildman–Crippen LogP) is 2.78. The van der Waals surface area contributed by atoms with E-state index in [1.807, 2.05) is 0 Å². The van der Waals surface area contributed by atoms with Gasteiger partial charge in [-0.05, 0) is 50.6 Å². The van der Waals surface area contributed by atoms with E-state index in [0.29, 0.717) is 16.8 Å². The van der Waals surface area contributed by atoms with Crippen molar-refractivity contribution in [2.24, 2.45) is 0 Å². The largest absolute Gasteiger partial charge is 0.462 e. The maximum Gasteiger partial charge on any atom is 0.338 e. The van der Waals surface area contributed by atoms with Gasteiger partial charge in [0.15, 0.2) is 5.78 Å². The van der Waals surface area contributed by atoms with Crippen LogP contribution in [0.25, 0.3) is 0 Å². The summed E-state index contributed by atoms with van der Waals surface area (Å²) < 4.78 is 30.4. The van der Waals surface area contributed by atoms with Crippen molar-refractivity contribution >= 4 is 39.1 Å². The lowest BCUT2D eigenvalue weighted by Crippen LogP contribution is -2.37. The molecular weight excluding hydrogens is 408 g/mol. The number of carbonyl (C=O) groups excluding carboxylic acids is 3. The number of ketones is 1. The number of nitrogens with one attached hydrogen (secondary N) is 1. The highest BCUT2D eigenvalue weighted by Gasteiger charge is 2.22. The van der Waals surface area contributed by atoms with Crippen LogP contribution >= 0.6 is 0 Å². The third kappa shape index (κ3) is 5.90. The lowest BCUT2D eigenvalue weighted by atomic mass is 10.1. The average Bonchev–Trinajstić information content (AvgIpc) is 2.67. The highest BCUT2D eigenvalue weighted by molar-refractivity contribution is 7.92. The lowest BCUT2D eigenvalue weighted by Gasteiger charge is -2.22. The van der Waals surface area contributed by atoms with Crippen molar-refractivity contribution in [2.45, 2.75) is 20.8 Å². The molecule has 0 aromatic heterocycles. The average molecular weight is 432 g/mol. The quantitative estimate of drug-likeness (QED) is 0.507. The Labute approximate surface area is 175 Å². The molecule has 0 aliphatic rings. The van der Waals surface area contributed by atoms with E-state index < -0.39 is 28.4 Å². The van der Waals surface area contributed by atoms with Gasteiger partial charge in [-0.3, -0.25) is 13.9 Å². The molecule has 0 aliphatic carbocycles. The molecule has 9 heteroatoms. The third-order valence-corrected chi connectivity index (χ3v) is 5.39. The molecule has 0 atom stereocenters. The summed E-state index contributed by atoms with van der Waals surface area (Å²) in [5.41, 5.74) is 1.88. The zero-order valence-corrected chi connectivity index (χ0v) is 18.1. The monoisotopic (exact) mass is 432 g/mol. The van der Waals surface area contributed by atoms with Gasteiger partial charge in [0.1, 0.15) is 6.54 Å². The highest BCUT2D eigenvalue weighted by atomic mass is 32.2. The third-order valence-electron chi connectivity index (χ3n) is 4.25. The van der Waals surface area contributed by atoms with E-state index in [9.17, 15) is 22.8 Å². The molecular formula is C21H24N2O6S. The van der Waals surface area contributed by atoms with Crippen LogP contribution in [0.3, 0.4) is 0 Å². The Balaban J connectivity index is 2.28. The normalized spacial score (nSPS) is 10.9. The van der Waals surface area contributed by atoms with E-state index in [0.717, 1.165) is 10.6 Å². The number of carbonyl (C=O) groups is 3. The van der Waals surface area contributed by atoms with Crippen molar-refractivity contribution in [3.63, 3.8) is 0 Å². The first-order chi connectivity index (χ1) is 14.0. The van der Waals surface area contributed by atoms with Crippen LogP contribution in [0.5, 0.6) is 0 Å². The van der Waals surface area contributed by atoms with Gasteiger partial charge in [-0.1, -0.05) is 18.2 Å². The lowest BCUT2D eigenvalue weighted by molar-refractivity contribution is -0.114. The summed E-state index contributed by atoms with van der Waals surface area (Å²) in [6, 6.07) is 10.8. The van der Waals surface area contributed by atoms with E-state index in [1.165, 1.54) is 25.1 Å². The fraction of sp³-hybridized carbons (Fsp3) is 0.286. The van der Waals surface area contributed by atoms with E-state index in [-0.39, 0.29) is 23.6 Å². The number of ether oxygens (including phenoxy) is 1. The number of anilines is 2. The first kappa shape index (κ1) is 23.1. The van der Waals surface area contributed by atoms with Crippen LogP contribution in [0.1, 0.15) is 40.1 Å². The van der Waals surface area contributed by atoms with Gasteiger partial charge in [-0.25, -0.2) is 13.2 Å². The second kappa shape index (κ2) is 9.53. The zero-order chi connectivity index (χ0) is 22.5. The molecule has 0 fully saturated rings. The Morgan fingerprint density at radius 1 is 1.07 bits per heavy atom. The minimum atomic E-state index is -3.80. The molecule has 2 aromatic rings. The van der Waals surface area contributed by atoms with Crippen LogP contribution in [0.4, 0.5) is 11.4 Å². The molecule has 8 nitrogen and oxygen atoms in total. The first-order valence-corrected chi connectivity index (χ1v) is 11.0. The Morgan fingerprint density at radius 2 is 1.77 bits per heavy atom. The Morgan fingerprint density at radius 3 is 2.37 bits per heavy atom. The number of benzene rings is 2. The van der Waals surface area contributed by atoms with E-state index >= 15 is 0 Å². The smallest absolute Gasteiger partial charge is 0.338 e. The Hall–Kier alpha value is -3.20. The maximum absolute atomic E-state index is 12.6. The molecule has 2 rings (SSSR count). The number of amides is 1. The number of sulfonamides is 1. The second-order valence-corrected chi connectivity index (χ2v) is 8.58. The highest BCUT2D eigenvalue weighted by Crippen LogP contribution is 2.21. The molecule has 0 radical (unpaired) electrons. The van der Waals surface area contributed by atoms with E-state index in [1.54, 1.807) is 38.1 Å². The summed E-state index contributed by atoms with van der Waals surface area (Å²) in [7, 11) is -3.80. The number of hydrogen-bond acceptors (Lipinski definition) is 6. The number of aryl methyl sites for hydroxylation is 1. The van der Waals surface area contributed by atoms with Crippen LogP contribution in [0.15, 0.2) is 42.5 Å². The summed E-state index contributed by atoms with van der Waals surface area (Å²) in [6.45, 7) is 4.53. The van der Waals surface area contributed by atoms with Gasteiger partial charge in [-0.2, -0.15) is 0 Å². The van der Waals surface area contributed by atoms with Gasteiger partial charge in [-0.15, -0.1) is 0 Å². The van der Waals surface area contributed by atoms with Crippen molar-refractivity contribution in [2.75, 3.05) is 29.0 Å². The van der Waals surface area contributed by atoms with Crippen LogP contribution < -0.4 is 9.62 Å². The van der Waals surface area contributed by atoms with Crippen molar-refractivity contribution < 1.29 is 27.5 Å². The molecule has 0 saturated heterocycles. The maximum atomic E-state index is 12.6. The summed E-state index contributed by atoms with van der Waals surface area (Å²) in [6.07, 6.45) is 0.980. The van der Waals surface area contributed by atoms with Gasteiger partial charge in [0.05, 0.1) is 24.1 Å². The van der Waals surface area contributed by atoms with Gasteiger partial charge in [0.25, 0.3) is 0 Å². The summed E-state index contributed by atoms with van der Waals surface area (Å²) in [4.78, 5) is 36.2. The van der Waals surface area contributed by atoms with Gasteiger partial charge in [0, 0.05) is 11.3 Å². The minimum absolute atomic E-state index is 0.206. The molecule has 2 aromatic carbocycles. The molecule has 1 amide bonds. The fourth-order valence-corrected chi connectivity index (χ4v) is 3.55.